The van der Waals surface area contributed by atoms with E-state index in [1.807, 2.05) is 30.3 Å². The second-order valence-corrected chi connectivity index (χ2v) is 9.71. The number of nitrogens with zero attached hydrogens (tertiary/aromatic N) is 4. The lowest BCUT2D eigenvalue weighted by Gasteiger charge is -2.25. The van der Waals surface area contributed by atoms with Crippen molar-refractivity contribution in [3.8, 4) is 23.0 Å². The minimum absolute atomic E-state index is 0.117. The zero-order valence-corrected chi connectivity index (χ0v) is 23.0. The van der Waals surface area contributed by atoms with Gasteiger partial charge in [0.05, 0.1) is 31.0 Å². The topological polar surface area (TPSA) is 111 Å². The smallest absolute Gasteiger partial charge is 0.251 e. The predicted octanol–water partition coefficient (Wildman–Crippen LogP) is 4.66. The molecule has 10 heteroatoms. The summed E-state index contributed by atoms with van der Waals surface area (Å²) < 4.78 is 10.6. The number of thioether (sulfide) groups is 1. The van der Waals surface area contributed by atoms with Crippen LogP contribution >= 0.6 is 11.8 Å². The van der Waals surface area contributed by atoms with Gasteiger partial charge in [0.15, 0.2) is 0 Å². The predicted molar refractivity (Wildman–Crippen MR) is 152 cm³/mol. The molecule has 0 bridgehead atoms. The van der Waals surface area contributed by atoms with Gasteiger partial charge in [-0.3, -0.25) is 9.78 Å². The maximum atomic E-state index is 12.4. The van der Waals surface area contributed by atoms with Crippen molar-refractivity contribution in [2.24, 2.45) is 5.92 Å². The third kappa shape index (κ3) is 5.96. The average Bonchev–Trinajstić information content (AvgIpc) is 2.97. The third-order valence-corrected chi connectivity index (χ3v) is 7.32. The maximum absolute atomic E-state index is 12.4. The molecule has 0 spiro atoms. The van der Waals surface area contributed by atoms with Gasteiger partial charge in [-0.15, -0.1) is 0 Å². The number of rotatable bonds is 11. The maximum Gasteiger partial charge on any atom is 0.251 e. The van der Waals surface area contributed by atoms with Gasteiger partial charge in [-0.05, 0) is 35.5 Å². The summed E-state index contributed by atoms with van der Waals surface area (Å²) in [5.74, 6) is 2.90. The van der Waals surface area contributed by atoms with Crippen molar-refractivity contribution in [1.29, 1.82) is 0 Å². The van der Waals surface area contributed by atoms with Crippen LogP contribution < -0.4 is 20.1 Å². The van der Waals surface area contributed by atoms with E-state index < -0.39 is 0 Å². The monoisotopic (exact) mass is 532 g/mol. The number of carbonyl (C=O) groups is 1. The van der Waals surface area contributed by atoms with Crippen LogP contribution in [0.2, 0.25) is 0 Å². The quantitative estimate of drug-likeness (QED) is 0.285. The van der Waals surface area contributed by atoms with Crippen LogP contribution in [-0.4, -0.2) is 65.7 Å². The van der Waals surface area contributed by atoms with Crippen LogP contribution in [0.3, 0.4) is 0 Å². The van der Waals surface area contributed by atoms with Crippen LogP contribution in [0.25, 0.3) is 22.2 Å². The van der Waals surface area contributed by atoms with Gasteiger partial charge in [0.2, 0.25) is 11.8 Å². The minimum atomic E-state index is -0.117. The molecule has 4 rings (SSSR count). The average molecular weight is 533 g/mol. The van der Waals surface area contributed by atoms with Crippen LogP contribution in [0.15, 0.2) is 55.0 Å². The number of carbonyl (C=O) groups excluding carboxylic acids is 1. The van der Waals surface area contributed by atoms with Gasteiger partial charge in [0.25, 0.3) is 5.91 Å². The highest BCUT2D eigenvalue weighted by molar-refractivity contribution is 7.98. The molecular weight excluding hydrogens is 500 g/mol. The Morgan fingerprint density at radius 3 is 2.50 bits per heavy atom. The van der Waals surface area contributed by atoms with E-state index in [0.29, 0.717) is 23.9 Å². The second kappa shape index (κ2) is 12.6. The molecule has 3 aromatic heterocycles. The molecule has 0 radical (unpaired) electrons. The first-order valence-electron chi connectivity index (χ1n) is 12.2. The number of benzene rings is 1. The molecule has 0 aliphatic rings. The number of nitrogens with one attached hydrogen (secondary N) is 2. The number of anilines is 1. The van der Waals surface area contributed by atoms with E-state index in [-0.39, 0.29) is 17.7 Å². The number of fused-ring (bicyclic) bond motifs is 1. The Balaban J connectivity index is 1.58. The summed E-state index contributed by atoms with van der Waals surface area (Å²) in [7, 11) is 4.77. The summed E-state index contributed by atoms with van der Waals surface area (Å²) in [4.78, 5) is 30.2. The summed E-state index contributed by atoms with van der Waals surface area (Å²) in [5, 5.41) is 7.09. The van der Waals surface area contributed by atoms with Gasteiger partial charge >= 0.3 is 0 Å². The fourth-order valence-electron chi connectivity index (χ4n) is 4.43. The molecule has 9 nitrogen and oxygen atoms in total. The molecule has 38 heavy (non-hydrogen) atoms. The van der Waals surface area contributed by atoms with Crippen LogP contribution in [0, 0.1) is 5.92 Å². The van der Waals surface area contributed by atoms with Crippen LogP contribution in [0.5, 0.6) is 11.8 Å². The molecule has 1 amide bonds. The molecule has 2 unspecified atom stereocenters. The number of pyridine rings is 2. The minimum Gasteiger partial charge on any atom is -0.481 e. The zero-order chi connectivity index (χ0) is 27.1. The fraction of sp³-hybridized carbons (Fsp3) is 0.321. The Morgan fingerprint density at radius 2 is 1.82 bits per heavy atom. The van der Waals surface area contributed by atoms with Crippen LogP contribution in [-0.2, 0) is 0 Å². The lowest BCUT2D eigenvalue weighted by atomic mass is 9.86. The lowest BCUT2D eigenvalue weighted by molar-refractivity contribution is 0.0964. The lowest BCUT2D eigenvalue weighted by Crippen LogP contribution is -2.23. The van der Waals surface area contributed by atoms with Crippen molar-refractivity contribution in [2.45, 2.75) is 12.8 Å². The standard InChI is InChI=1S/C28H32N6O3S/c1-17(20-7-6-8-21-22(28(35)29-2)9-10-30-27(20)21)19(15-38-5)14-31-24-13-23(32-16-33-24)18-11-25(36-3)34-26(12-18)37-4/h6-13,16-17,19H,14-15H2,1-5H3,(H,29,35)(H,31,32,33). The third-order valence-electron chi connectivity index (χ3n) is 6.56. The molecule has 0 saturated heterocycles. The summed E-state index contributed by atoms with van der Waals surface area (Å²) >= 11 is 1.80. The van der Waals surface area contributed by atoms with E-state index in [1.54, 1.807) is 51.6 Å². The Bertz CT molecular complexity index is 1390. The van der Waals surface area contributed by atoms with E-state index in [4.69, 9.17) is 9.47 Å². The first-order chi connectivity index (χ1) is 18.5. The van der Waals surface area contributed by atoms with E-state index in [0.717, 1.165) is 39.3 Å². The van der Waals surface area contributed by atoms with E-state index >= 15 is 0 Å². The van der Waals surface area contributed by atoms with Gasteiger partial charge in [-0.2, -0.15) is 16.7 Å². The number of para-hydroxylation sites is 1. The summed E-state index contributed by atoms with van der Waals surface area (Å²) in [5.41, 5.74) is 4.16. The highest BCUT2D eigenvalue weighted by atomic mass is 32.2. The Morgan fingerprint density at radius 1 is 1.05 bits per heavy atom. The molecule has 0 saturated carbocycles. The Hall–Kier alpha value is -3.92. The molecule has 1 aromatic carbocycles. The molecule has 0 aliphatic heterocycles. The molecule has 0 fully saturated rings. The fourth-order valence-corrected chi connectivity index (χ4v) is 5.27. The van der Waals surface area contributed by atoms with E-state index in [1.165, 1.54) is 0 Å². The first kappa shape index (κ1) is 27.1. The van der Waals surface area contributed by atoms with Crippen molar-refractivity contribution in [3.63, 3.8) is 0 Å². The molecule has 2 N–H and O–H groups in total. The van der Waals surface area contributed by atoms with Crippen molar-refractivity contribution in [1.82, 2.24) is 25.3 Å². The van der Waals surface area contributed by atoms with E-state index in [9.17, 15) is 4.79 Å². The molecule has 0 aliphatic carbocycles. The van der Waals surface area contributed by atoms with Gasteiger partial charge in [-0.25, -0.2) is 9.97 Å². The summed E-state index contributed by atoms with van der Waals surface area (Å²) in [6.07, 6.45) is 5.35. The Labute approximate surface area is 226 Å². The number of methoxy groups -OCH3 is 2. The van der Waals surface area contributed by atoms with Gasteiger partial charge in [0, 0.05) is 48.9 Å². The number of ether oxygens (including phenoxy) is 2. The van der Waals surface area contributed by atoms with Crippen LogP contribution in [0.1, 0.15) is 28.8 Å². The number of hydrogen-bond acceptors (Lipinski definition) is 9. The molecule has 2 atom stereocenters. The SMILES string of the molecule is CNC(=O)c1ccnc2c(C(C)C(CNc3cc(-c4cc(OC)nc(OC)c4)ncn3)CSC)cccc12. The zero-order valence-electron chi connectivity index (χ0n) is 22.2. The molecule has 4 aromatic rings. The molecule has 3 heterocycles. The Kier molecular flexibility index (Phi) is 8.96. The largest absolute Gasteiger partial charge is 0.481 e. The van der Waals surface area contributed by atoms with Crippen molar-refractivity contribution in [3.05, 3.63) is 66.1 Å². The second-order valence-electron chi connectivity index (χ2n) is 8.80. The van der Waals surface area contributed by atoms with Crippen LogP contribution in [0.4, 0.5) is 5.82 Å². The van der Waals surface area contributed by atoms with E-state index in [2.05, 4.69) is 49.8 Å². The van der Waals surface area contributed by atoms with Crippen molar-refractivity contribution < 1.29 is 14.3 Å². The number of aromatic nitrogens is 4. The first-order valence-corrected chi connectivity index (χ1v) is 13.6. The van der Waals surface area contributed by atoms with Gasteiger partial charge in [0.1, 0.15) is 12.1 Å². The van der Waals surface area contributed by atoms with Gasteiger partial charge < -0.3 is 20.1 Å². The van der Waals surface area contributed by atoms with Crippen molar-refractivity contribution >= 4 is 34.4 Å². The molecule has 198 valence electrons. The summed E-state index contributed by atoms with van der Waals surface area (Å²) in [6, 6.07) is 13.4. The highest BCUT2D eigenvalue weighted by Crippen LogP contribution is 2.33. The summed E-state index contributed by atoms with van der Waals surface area (Å²) in [6.45, 7) is 2.92. The highest BCUT2D eigenvalue weighted by Gasteiger charge is 2.22. The normalized spacial score (nSPS) is 12.6. The van der Waals surface area contributed by atoms with Gasteiger partial charge in [-0.1, -0.05) is 25.1 Å². The van der Waals surface area contributed by atoms with Crippen molar-refractivity contribution in [2.75, 3.05) is 45.1 Å². The molecular formula is C28H32N6O3S. The number of hydrogen-bond donors (Lipinski definition) is 2. The number of amides is 1.